The molecular formula is C13H16F2N4O4. The molecule has 10 heteroatoms. The largest absolute Gasteiger partial charge is 0.481 e. The number of carbonyl (C=O) groups excluding carboxylic acids is 1. The minimum atomic E-state index is -3.64. The van der Waals surface area contributed by atoms with Gasteiger partial charge in [0.2, 0.25) is 0 Å². The van der Waals surface area contributed by atoms with Gasteiger partial charge in [-0.2, -0.15) is 13.5 Å². The minimum absolute atomic E-state index is 0.0391. The predicted molar refractivity (Wildman–Crippen MR) is 70.6 cm³/mol. The molecule has 2 heterocycles. The summed E-state index contributed by atoms with van der Waals surface area (Å²) >= 11 is 0. The van der Waals surface area contributed by atoms with Crippen LogP contribution in [0.15, 0.2) is 6.20 Å². The Balaban J connectivity index is 1.78. The highest BCUT2D eigenvalue weighted by Crippen LogP contribution is 2.51. The Morgan fingerprint density at radius 3 is 2.61 bits per heavy atom. The van der Waals surface area contributed by atoms with Gasteiger partial charge in [0, 0.05) is 18.5 Å². The lowest BCUT2D eigenvalue weighted by Gasteiger charge is -2.40. The average Bonchev–Trinajstić information content (AvgIpc) is 3.11. The highest BCUT2D eigenvalue weighted by Gasteiger charge is 2.54. The Kier molecular flexibility index (Phi) is 3.58. The molecule has 2 aliphatic rings. The van der Waals surface area contributed by atoms with Gasteiger partial charge >= 0.3 is 12.0 Å². The van der Waals surface area contributed by atoms with E-state index >= 15 is 0 Å². The first-order valence-electron chi connectivity index (χ1n) is 7.23. The number of halogens is 2. The molecule has 0 bridgehead atoms. The van der Waals surface area contributed by atoms with Gasteiger partial charge in [-0.3, -0.25) is 9.59 Å². The molecule has 23 heavy (non-hydrogen) atoms. The van der Waals surface area contributed by atoms with E-state index in [1.54, 1.807) is 0 Å². The molecule has 0 aromatic carbocycles. The summed E-state index contributed by atoms with van der Waals surface area (Å²) in [6.45, 7) is -1.14. The van der Waals surface area contributed by atoms with E-state index in [0.717, 1.165) is 25.5 Å². The van der Waals surface area contributed by atoms with Crippen molar-refractivity contribution in [3.63, 3.8) is 0 Å². The summed E-state index contributed by atoms with van der Waals surface area (Å²) in [5.74, 6) is -2.22. The van der Waals surface area contributed by atoms with E-state index in [1.165, 1.54) is 4.90 Å². The molecule has 1 aromatic heterocycles. The number of likely N-dealkylation sites (tertiary alicyclic amines) is 1. The van der Waals surface area contributed by atoms with Gasteiger partial charge in [-0.25, -0.2) is 0 Å². The first-order valence-corrected chi connectivity index (χ1v) is 7.23. The van der Waals surface area contributed by atoms with Crippen LogP contribution in [-0.4, -0.2) is 61.7 Å². The highest BCUT2D eigenvalue weighted by atomic mass is 19.3. The van der Waals surface area contributed by atoms with Gasteiger partial charge < -0.3 is 15.1 Å². The Morgan fingerprint density at radius 2 is 2.13 bits per heavy atom. The van der Waals surface area contributed by atoms with Crippen molar-refractivity contribution in [3.8, 4) is 0 Å². The molecule has 2 N–H and O–H groups in total. The molecular weight excluding hydrogens is 314 g/mol. The number of aliphatic hydroxyl groups excluding tert-OH is 1. The number of hydrogen-bond donors (Lipinski definition) is 2. The molecule has 1 aliphatic heterocycles. The predicted octanol–water partition coefficient (Wildman–Crippen LogP) is 0.147. The zero-order valence-electron chi connectivity index (χ0n) is 12.2. The van der Waals surface area contributed by atoms with E-state index in [1.807, 2.05) is 0 Å². The van der Waals surface area contributed by atoms with Crippen molar-refractivity contribution in [2.45, 2.75) is 25.3 Å². The standard InChI is InChI=1S/C13H16F2N4O4/c14-13(15,7-20)19-5-9(16-17-19)10(21)18-4-8(11(22)23)12(6-18)2-1-3-12/h5,8,20H,1-4,6-7H2,(H,22,23). The summed E-state index contributed by atoms with van der Waals surface area (Å²) in [5.41, 5.74) is -0.703. The summed E-state index contributed by atoms with van der Waals surface area (Å²) in [6.07, 6.45) is 3.16. The number of rotatable bonds is 4. The molecule has 1 aliphatic carbocycles. The third kappa shape index (κ3) is 2.46. The molecule has 3 rings (SSSR count). The van der Waals surface area contributed by atoms with Crippen LogP contribution in [0.4, 0.5) is 8.78 Å². The second-order valence-electron chi connectivity index (χ2n) is 6.16. The number of nitrogens with zero attached hydrogens (tertiary/aromatic N) is 4. The van der Waals surface area contributed by atoms with Gasteiger partial charge in [-0.05, 0) is 12.8 Å². The molecule has 1 saturated heterocycles. The SMILES string of the molecule is O=C(O)C1CN(C(=O)c2cn(C(F)(F)CO)nn2)CC12CCC2. The van der Waals surface area contributed by atoms with Crippen LogP contribution >= 0.6 is 0 Å². The fourth-order valence-corrected chi connectivity index (χ4v) is 3.36. The van der Waals surface area contributed by atoms with Gasteiger partial charge in [-0.1, -0.05) is 11.6 Å². The Labute approximate surface area is 129 Å². The quantitative estimate of drug-likeness (QED) is 0.813. The van der Waals surface area contributed by atoms with Crippen LogP contribution in [0.1, 0.15) is 29.8 Å². The maximum absolute atomic E-state index is 13.3. The number of hydrogen-bond acceptors (Lipinski definition) is 5. The fourth-order valence-electron chi connectivity index (χ4n) is 3.36. The molecule has 2 fully saturated rings. The van der Waals surface area contributed by atoms with Gasteiger partial charge in [0.25, 0.3) is 5.91 Å². The molecule has 1 spiro atoms. The second kappa shape index (κ2) is 5.22. The third-order valence-corrected chi connectivity index (χ3v) is 4.82. The molecule has 0 radical (unpaired) electrons. The number of carboxylic acid groups (broad SMARTS) is 1. The zero-order chi connectivity index (χ0) is 16.8. The summed E-state index contributed by atoms with van der Waals surface area (Å²) in [4.78, 5) is 25.1. The molecule has 8 nitrogen and oxygen atoms in total. The van der Waals surface area contributed by atoms with Crippen LogP contribution in [-0.2, 0) is 10.8 Å². The number of carboxylic acids is 1. The Morgan fingerprint density at radius 1 is 1.43 bits per heavy atom. The van der Waals surface area contributed by atoms with Crippen molar-refractivity contribution in [1.29, 1.82) is 0 Å². The van der Waals surface area contributed by atoms with E-state index in [2.05, 4.69) is 10.3 Å². The number of carbonyl (C=O) groups is 2. The number of amides is 1. The lowest BCUT2D eigenvalue weighted by atomic mass is 9.63. The van der Waals surface area contributed by atoms with Crippen molar-refractivity contribution in [2.75, 3.05) is 19.7 Å². The molecule has 1 aromatic rings. The van der Waals surface area contributed by atoms with Crippen molar-refractivity contribution in [1.82, 2.24) is 19.9 Å². The molecule has 1 amide bonds. The number of aliphatic carboxylic acids is 1. The zero-order valence-corrected chi connectivity index (χ0v) is 12.2. The van der Waals surface area contributed by atoms with Crippen LogP contribution in [0.3, 0.4) is 0 Å². The molecule has 1 unspecified atom stereocenters. The number of alkyl halides is 2. The monoisotopic (exact) mass is 330 g/mol. The van der Waals surface area contributed by atoms with E-state index < -0.39 is 35.9 Å². The van der Waals surface area contributed by atoms with Gasteiger partial charge in [-0.15, -0.1) is 5.10 Å². The summed E-state index contributed by atoms with van der Waals surface area (Å²) < 4.78 is 26.7. The van der Waals surface area contributed by atoms with Crippen molar-refractivity contribution >= 4 is 11.9 Å². The van der Waals surface area contributed by atoms with Gasteiger partial charge in [0.05, 0.1) is 12.1 Å². The first kappa shape index (κ1) is 15.8. The fraction of sp³-hybridized carbons (Fsp3) is 0.692. The van der Waals surface area contributed by atoms with Gasteiger partial charge in [0.15, 0.2) is 5.69 Å². The Bertz CT molecular complexity index is 644. The number of aromatic nitrogens is 3. The first-order chi connectivity index (χ1) is 10.8. The summed E-state index contributed by atoms with van der Waals surface area (Å²) in [5, 5.41) is 24.5. The van der Waals surface area contributed by atoms with Gasteiger partial charge in [0.1, 0.15) is 6.61 Å². The van der Waals surface area contributed by atoms with Crippen molar-refractivity contribution in [3.05, 3.63) is 11.9 Å². The lowest BCUT2D eigenvalue weighted by molar-refractivity contribution is -0.146. The van der Waals surface area contributed by atoms with Crippen LogP contribution in [0, 0.1) is 11.3 Å². The van der Waals surface area contributed by atoms with Crippen LogP contribution in [0.25, 0.3) is 0 Å². The van der Waals surface area contributed by atoms with Crippen LogP contribution in [0.5, 0.6) is 0 Å². The third-order valence-electron chi connectivity index (χ3n) is 4.82. The van der Waals surface area contributed by atoms with E-state index in [0.29, 0.717) is 0 Å². The van der Waals surface area contributed by atoms with Crippen LogP contribution < -0.4 is 0 Å². The lowest BCUT2D eigenvalue weighted by Crippen LogP contribution is -2.41. The summed E-state index contributed by atoms with van der Waals surface area (Å²) in [7, 11) is 0. The van der Waals surface area contributed by atoms with E-state index in [4.69, 9.17) is 5.11 Å². The second-order valence-corrected chi connectivity index (χ2v) is 6.16. The molecule has 1 saturated carbocycles. The van der Waals surface area contributed by atoms with E-state index in [-0.39, 0.29) is 23.5 Å². The maximum Gasteiger partial charge on any atom is 0.367 e. The molecule has 126 valence electrons. The topological polar surface area (TPSA) is 109 Å². The van der Waals surface area contributed by atoms with Crippen LogP contribution in [0.2, 0.25) is 0 Å². The van der Waals surface area contributed by atoms with E-state index in [9.17, 15) is 23.5 Å². The maximum atomic E-state index is 13.3. The molecule has 1 atom stereocenters. The Hall–Kier alpha value is -2.10. The summed E-state index contributed by atoms with van der Waals surface area (Å²) in [6, 6.07) is -3.64. The normalized spacial score (nSPS) is 23.1. The van der Waals surface area contributed by atoms with Crippen molar-refractivity contribution in [2.24, 2.45) is 11.3 Å². The highest BCUT2D eigenvalue weighted by molar-refractivity contribution is 5.92. The smallest absolute Gasteiger partial charge is 0.367 e. The van der Waals surface area contributed by atoms with Crippen molar-refractivity contribution < 1.29 is 28.6 Å². The minimum Gasteiger partial charge on any atom is -0.481 e. The average molecular weight is 330 g/mol. The number of aliphatic hydroxyl groups is 1.